The molecule has 0 aliphatic heterocycles. The number of halogens is 3. The van der Waals surface area contributed by atoms with Gasteiger partial charge in [-0.3, -0.25) is 0 Å². The highest BCUT2D eigenvalue weighted by atomic mass is 19.4. The van der Waals surface area contributed by atoms with Crippen molar-refractivity contribution < 1.29 is 13.2 Å². The summed E-state index contributed by atoms with van der Waals surface area (Å²) in [5.41, 5.74) is 6.30. The molecule has 2 unspecified atom stereocenters. The SMILES string of the molecule is NC1(Cc2cccc(C(F)(F)F)c2)C2CCCCC21. The second-order valence-electron chi connectivity index (χ2n) is 5.98. The summed E-state index contributed by atoms with van der Waals surface area (Å²) in [4.78, 5) is 0. The number of fused-ring (bicyclic) bond motifs is 1. The fourth-order valence-corrected chi connectivity index (χ4v) is 3.77. The zero-order chi connectivity index (χ0) is 13.7. The van der Waals surface area contributed by atoms with Gasteiger partial charge in [-0.15, -0.1) is 0 Å². The quantitative estimate of drug-likeness (QED) is 0.869. The van der Waals surface area contributed by atoms with Crippen LogP contribution in [-0.4, -0.2) is 5.54 Å². The van der Waals surface area contributed by atoms with Crippen LogP contribution in [0, 0.1) is 11.8 Å². The van der Waals surface area contributed by atoms with E-state index >= 15 is 0 Å². The van der Waals surface area contributed by atoms with Crippen molar-refractivity contribution in [3.8, 4) is 0 Å². The Balaban J connectivity index is 1.77. The summed E-state index contributed by atoms with van der Waals surface area (Å²) in [6.07, 6.45) is 1.01. The van der Waals surface area contributed by atoms with Crippen LogP contribution in [0.25, 0.3) is 0 Å². The van der Waals surface area contributed by atoms with Crippen LogP contribution >= 0.6 is 0 Å². The number of hydrogen-bond donors (Lipinski definition) is 1. The van der Waals surface area contributed by atoms with Crippen LogP contribution in [0.15, 0.2) is 24.3 Å². The Bertz CT molecular complexity index is 469. The van der Waals surface area contributed by atoms with Gasteiger partial charge in [0, 0.05) is 5.54 Å². The Hall–Kier alpha value is -1.03. The smallest absolute Gasteiger partial charge is 0.324 e. The number of alkyl halides is 3. The van der Waals surface area contributed by atoms with Crippen molar-refractivity contribution in [1.29, 1.82) is 0 Å². The highest BCUT2D eigenvalue weighted by Crippen LogP contribution is 2.58. The Morgan fingerprint density at radius 2 is 1.79 bits per heavy atom. The summed E-state index contributed by atoms with van der Waals surface area (Å²) in [7, 11) is 0. The van der Waals surface area contributed by atoms with Crippen molar-refractivity contribution in [2.75, 3.05) is 0 Å². The van der Waals surface area contributed by atoms with E-state index in [4.69, 9.17) is 5.73 Å². The maximum atomic E-state index is 12.7. The zero-order valence-electron chi connectivity index (χ0n) is 10.7. The fraction of sp³-hybridized carbons (Fsp3) is 0.600. The molecule has 1 aromatic rings. The van der Waals surface area contributed by atoms with E-state index in [0.717, 1.165) is 18.9 Å². The molecule has 1 nitrogen and oxygen atoms in total. The van der Waals surface area contributed by atoms with E-state index in [2.05, 4.69) is 0 Å². The number of rotatable bonds is 2. The predicted molar refractivity (Wildman–Crippen MR) is 67.5 cm³/mol. The molecule has 2 saturated carbocycles. The van der Waals surface area contributed by atoms with Crippen LogP contribution in [0.1, 0.15) is 36.8 Å². The molecule has 3 rings (SSSR count). The van der Waals surface area contributed by atoms with Gasteiger partial charge in [-0.2, -0.15) is 13.2 Å². The molecular formula is C15H18F3N. The Labute approximate surface area is 111 Å². The van der Waals surface area contributed by atoms with Gasteiger partial charge in [0.2, 0.25) is 0 Å². The van der Waals surface area contributed by atoms with Gasteiger partial charge in [-0.25, -0.2) is 0 Å². The third-order valence-corrected chi connectivity index (χ3v) is 4.80. The standard InChI is InChI=1S/C15H18F3N/c16-15(17,18)11-5-3-4-10(8-11)9-14(19)12-6-1-2-7-13(12)14/h3-5,8,12-13H,1-2,6-7,9,19H2. The van der Waals surface area contributed by atoms with Gasteiger partial charge in [-0.05, 0) is 42.7 Å². The van der Waals surface area contributed by atoms with E-state index < -0.39 is 11.7 Å². The Morgan fingerprint density at radius 3 is 2.37 bits per heavy atom. The van der Waals surface area contributed by atoms with Crippen LogP contribution in [0.4, 0.5) is 13.2 Å². The summed E-state index contributed by atoms with van der Waals surface area (Å²) < 4.78 is 38.0. The first-order chi connectivity index (χ1) is 8.91. The molecule has 104 valence electrons. The van der Waals surface area contributed by atoms with Crippen molar-refractivity contribution in [2.24, 2.45) is 17.6 Å². The van der Waals surface area contributed by atoms with E-state index in [1.54, 1.807) is 6.07 Å². The van der Waals surface area contributed by atoms with Gasteiger partial charge >= 0.3 is 6.18 Å². The minimum atomic E-state index is -4.27. The van der Waals surface area contributed by atoms with Crippen LogP contribution in [0.2, 0.25) is 0 Å². The van der Waals surface area contributed by atoms with E-state index in [1.807, 2.05) is 0 Å². The van der Waals surface area contributed by atoms with Gasteiger partial charge in [0.15, 0.2) is 0 Å². The molecule has 1 aromatic carbocycles. The van der Waals surface area contributed by atoms with E-state index in [-0.39, 0.29) is 5.54 Å². The lowest BCUT2D eigenvalue weighted by Crippen LogP contribution is -2.29. The summed E-state index contributed by atoms with van der Waals surface area (Å²) >= 11 is 0. The molecule has 0 bridgehead atoms. The van der Waals surface area contributed by atoms with E-state index in [1.165, 1.54) is 25.0 Å². The van der Waals surface area contributed by atoms with Crippen LogP contribution < -0.4 is 5.73 Å². The van der Waals surface area contributed by atoms with Crippen molar-refractivity contribution >= 4 is 0 Å². The molecule has 0 aromatic heterocycles. The molecule has 2 aliphatic rings. The molecule has 2 aliphatic carbocycles. The third-order valence-electron chi connectivity index (χ3n) is 4.80. The third kappa shape index (κ3) is 2.27. The Kier molecular flexibility index (Phi) is 2.89. The topological polar surface area (TPSA) is 26.0 Å². The molecule has 0 saturated heterocycles. The lowest BCUT2D eigenvalue weighted by molar-refractivity contribution is -0.137. The molecule has 0 heterocycles. The first-order valence-corrected chi connectivity index (χ1v) is 6.86. The zero-order valence-corrected chi connectivity index (χ0v) is 10.7. The van der Waals surface area contributed by atoms with Crippen LogP contribution in [0.3, 0.4) is 0 Å². The van der Waals surface area contributed by atoms with Gasteiger partial charge in [0.05, 0.1) is 5.56 Å². The average molecular weight is 269 g/mol. The van der Waals surface area contributed by atoms with Crippen LogP contribution in [0.5, 0.6) is 0 Å². The van der Waals surface area contributed by atoms with Gasteiger partial charge in [0.25, 0.3) is 0 Å². The first-order valence-electron chi connectivity index (χ1n) is 6.86. The maximum absolute atomic E-state index is 12.7. The van der Waals surface area contributed by atoms with Gasteiger partial charge in [-0.1, -0.05) is 31.0 Å². The monoisotopic (exact) mass is 269 g/mol. The minimum Gasteiger partial charge on any atom is -0.324 e. The largest absolute Gasteiger partial charge is 0.416 e. The highest BCUT2D eigenvalue weighted by molar-refractivity contribution is 5.30. The normalized spacial score (nSPS) is 33.9. The van der Waals surface area contributed by atoms with Crippen molar-refractivity contribution in [3.05, 3.63) is 35.4 Å². The number of hydrogen-bond acceptors (Lipinski definition) is 1. The van der Waals surface area contributed by atoms with E-state index in [9.17, 15) is 13.2 Å². The predicted octanol–water partition coefficient (Wildman–Crippen LogP) is 3.77. The van der Waals surface area contributed by atoms with Crippen molar-refractivity contribution in [3.63, 3.8) is 0 Å². The lowest BCUT2D eigenvalue weighted by atomic mass is 9.99. The molecule has 4 heteroatoms. The lowest BCUT2D eigenvalue weighted by Gasteiger charge is -2.14. The second kappa shape index (κ2) is 4.23. The minimum absolute atomic E-state index is 0.249. The summed E-state index contributed by atoms with van der Waals surface area (Å²) in [6.45, 7) is 0. The molecule has 19 heavy (non-hydrogen) atoms. The molecule has 0 amide bonds. The fourth-order valence-electron chi connectivity index (χ4n) is 3.77. The van der Waals surface area contributed by atoms with Crippen molar-refractivity contribution in [1.82, 2.24) is 0 Å². The van der Waals surface area contributed by atoms with E-state index in [0.29, 0.717) is 23.8 Å². The maximum Gasteiger partial charge on any atom is 0.416 e. The summed E-state index contributed by atoms with van der Waals surface area (Å²) in [5, 5.41) is 0. The molecule has 2 N–H and O–H groups in total. The molecular weight excluding hydrogens is 251 g/mol. The number of benzene rings is 1. The van der Waals surface area contributed by atoms with Gasteiger partial charge in [0.1, 0.15) is 0 Å². The molecule has 0 spiro atoms. The average Bonchev–Trinajstić information content (AvgIpc) is 2.95. The highest BCUT2D eigenvalue weighted by Gasteiger charge is 2.61. The van der Waals surface area contributed by atoms with Gasteiger partial charge < -0.3 is 5.73 Å². The molecule has 2 atom stereocenters. The second-order valence-corrected chi connectivity index (χ2v) is 5.98. The van der Waals surface area contributed by atoms with Crippen molar-refractivity contribution in [2.45, 2.75) is 43.8 Å². The summed E-state index contributed by atoms with van der Waals surface area (Å²) in [6, 6.07) is 5.60. The Morgan fingerprint density at radius 1 is 1.16 bits per heavy atom. The first kappa shape index (κ1) is 13.0. The summed E-state index contributed by atoms with van der Waals surface area (Å²) in [5.74, 6) is 1.05. The number of nitrogens with two attached hydrogens (primary N) is 1. The molecule has 0 radical (unpaired) electrons. The molecule has 2 fully saturated rings. The van der Waals surface area contributed by atoms with Crippen LogP contribution in [-0.2, 0) is 12.6 Å².